The van der Waals surface area contributed by atoms with Gasteiger partial charge in [0.05, 0.1) is 13.2 Å². The van der Waals surface area contributed by atoms with E-state index in [-0.39, 0.29) is 12.5 Å². The standard InChI is InChI=1S/C15H17Cl2NO3/c16-10-1-2-11(13(17)6-10)12-5-9(12)7-18-14(19)15(20)3-4-21-8-15/h1-2,6,9,12,20H,3-5,7-8H2,(H,18,19)/t9-,12+,15?/m0/s1. The van der Waals surface area contributed by atoms with Crippen LogP contribution >= 0.6 is 23.2 Å². The lowest BCUT2D eigenvalue weighted by Crippen LogP contribution is -2.47. The van der Waals surface area contributed by atoms with Crippen molar-refractivity contribution < 1.29 is 14.6 Å². The minimum Gasteiger partial charge on any atom is -0.378 e. The van der Waals surface area contributed by atoms with Crippen molar-refractivity contribution in [1.29, 1.82) is 0 Å². The number of halogens is 2. The Morgan fingerprint density at radius 1 is 1.48 bits per heavy atom. The second kappa shape index (κ2) is 5.76. The van der Waals surface area contributed by atoms with Gasteiger partial charge in [-0.1, -0.05) is 29.3 Å². The molecule has 1 aromatic carbocycles. The normalized spacial score (nSPS) is 31.2. The molecule has 0 bridgehead atoms. The van der Waals surface area contributed by atoms with Crippen LogP contribution < -0.4 is 5.32 Å². The molecule has 2 N–H and O–H groups in total. The van der Waals surface area contributed by atoms with Crippen LogP contribution in [-0.4, -0.2) is 36.4 Å². The molecular formula is C15H17Cl2NO3. The van der Waals surface area contributed by atoms with E-state index in [9.17, 15) is 9.90 Å². The lowest BCUT2D eigenvalue weighted by atomic mass is 10.0. The van der Waals surface area contributed by atoms with Crippen molar-refractivity contribution >= 4 is 29.1 Å². The van der Waals surface area contributed by atoms with Gasteiger partial charge in [0.25, 0.3) is 5.91 Å². The largest absolute Gasteiger partial charge is 0.378 e. The van der Waals surface area contributed by atoms with Gasteiger partial charge in [-0.25, -0.2) is 0 Å². The Labute approximate surface area is 133 Å². The first-order valence-electron chi connectivity index (χ1n) is 7.03. The molecule has 6 heteroatoms. The summed E-state index contributed by atoms with van der Waals surface area (Å²) in [6.45, 7) is 1.05. The van der Waals surface area contributed by atoms with E-state index < -0.39 is 5.60 Å². The summed E-state index contributed by atoms with van der Waals surface area (Å²) in [4.78, 5) is 12.0. The Bertz CT molecular complexity index is 558. The lowest BCUT2D eigenvalue weighted by Gasteiger charge is -2.19. The lowest BCUT2D eigenvalue weighted by molar-refractivity contribution is -0.139. The summed E-state index contributed by atoms with van der Waals surface area (Å²) in [5, 5.41) is 14.2. The van der Waals surface area contributed by atoms with Gasteiger partial charge in [-0.05, 0) is 36.0 Å². The highest BCUT2D eigenvalue weighted by Gasteiger charge is 2.43. The van der Waals surface area contributed by atoms with Crippen molar-refractivity contribution in [3.8, 4) is 0 Å². The van der Waals surface area contributed by atoms with Gasteiger partial charge >= 0.3 is 0 Å². The zero-order valence-corrected chi connectivity index (χ0v) is 13.0. The Hall–Kier alpha value is -0.810. The fourth-order valence-corrected chi connectivity index (χ4v) is 3.33. The molecule has 114 valence electrons. The van der Waals surface area contributed by atoms with Crippen LogP contribution in [0.2, 0.25) is 10.0 Å². The van der Waals surface area contributed by atoms with Crippen LogP contribution in [0, 0.1) is 5.92 Å². The van der Waals surface area contributed by atoms with Gasteiger partial charge in [-0.15, -0.1) is 0 Å². The molecular weight excluding hydrogens is 313 g/mol. The zero-order valence-electron chi connectivity index (χ0n) is 11.4. The predicted octanol–water partition coefficient (Wildman–Crippen LogP) is 2.36. The molecule has 1 aliphatic heterocycles. The molecule has 3 atom stereocenters. The van der Waals surface area contributed by atoms with E-state index in [1.165, 1.54) is 0 Å². The number of rotatable bonds is 4. The number of aliphatic hydroxyl groups is 1. The molecule has 1 heterocycles. The van der Waals surface area contributed by atoms with Crippen LogP contribution in [0.15, 0.2) is 18.2 Å². The predicted molar refractivity (Wildman–Crippen MR) is 80.7 cm³/mol. The van der Waals surface area contributed by atoms with Crippen molar-refractivity contribution in [3.05, 3.63) is 33.8 Å². The average Bonchev–Trinajstić information content (AvgIpc) is 3.07. The zero-order chi connectivity index (χ0) is 15.0. The van der Waals surface area contributed by atoms with E-state index in [0.717, 1.165) is 12.0 Å². The highest BCUT2D eigenvalue weighted by Crippen LogP contribution is 2.49. The van der Waals surface area contributed by atoms with Gasteiger partial charge in [0, 0.05) is 23.0 Å². The van der Waals surface area contributed by atoms with Gasteiger partial charge in [0.2, 0.25) is 0 Å². The second-order valence-electron chi connectivity index (χ2n) is 5.81. The fourth-order valence-electron chi connectivity index (χ4n) is 2.78. The van der Waals surface area contributed by atoms with Gasteiger partial charge in [-0.2, -0.15) is 0 Å². The molecule has 0 spiro atoms. The van der Waals surface area contributed by atoms with Crippen molar-refractivity contribution in [2.45, 2.75) is 24.4 Å². The van der Waals surface area contributed by atoms with Crippen LogP contribution in [0.4, 0.5) is 0 Å². The third kappa shape index (κ3) is 3.19. The number of ether oxygens (including phenoxy) is 1. The van der Waals surface area contributed by atoms with E-state index in [1.54, 1.807) is 6.07 Å². The van der Waals surface area contributed by atoms with Crippen LogP contribution in [0.25, 0.3) is 0 Å². The Balaban J connectivity index is 1.53. The van der Waals surface area contributed by atoms with Crippen LogP contribution in [-0.2, 0) is 9.53 Å². The summed E-state index contributed by atoms with van der Waals surface area (Å²) < 4.78 is 5.08. The molecule has 1 saturated carbocycles. The average molecular weight is 330 g/mol. The second-order valence-corrected chi connectivity index (χ2v) is 6.66. The molecule has 2 aliphatic rings. The van der Waals surface area contributed by atoms with Crippen molar-refractivity contribution in [3.63, 3.8) is 0 Å². The maximum atomic E-state index is 12.0. The summed E-state index contributed by atoms with van der Waals surface area (Å²) in [5.74, 6) is 0.371. The number of nitrogens with one attached hydrogen (secondary N) is 1. The molecule has 3 rings (SSSR count). The molecule has 2 fully saturated rings. The monoisotopic (exact) mass is 329 g/mol. The third-order valence-corrected chi connectivity index (χ3v) is 4.80. The molecule has 0 aromatic heterocycles. The quantitative estimate of drug-likeness (QED) is 0.891. The minimum absolute atomic E-state index is 0.0793. The first-order valence-corrected chi connectivity index (χ1v) is 7.78. The molecule has 1 saturated heterocycles. The summed E-state index contributed by atoms with van der Waals surface area (Å²) in [6.07, 6.45) is 1.34. The van der Waals surface area contributed by atoms with E-state index in [4.69, 9.17) is 27.9 Å². The van der Waals surface area contributed by atoms with Gasteiger partial charge in [0.15, 0.2) is 5.60 Å². The molecule has 21 heavy (non-hydrogen) atoms. The van der Waals surface area contributed by atoms with E-state index in [0.29, 0.717) is 41.5 Å². The Morgan fingerprint density at radius 3 is 2.95 bits per heavy atom. The Kier molecular flexibility index (Phi) is 4.14. The SMILES string of the molecule is O=C(NC[C@@H]1C[C@H]1c1ccc(Cl)cc1Cl)C1(O)CCOC1. The van der Waals surface area contributed by atoms with E-state index >= 15 is 0 Å². The van der Waals surface area contributed by atoms with Crippen LogP contribution in [0.1, 0.15) is 24.3 Å². The number of carbonyl (C=O) groups excluding carboxylic acids is 1. The smallest absolute Gasteiger partial charge is 0.254 e. The van der Waals surface area contributed by atoms with Crippen LogP contribution in [0.3, 0.4) is 0 Å². The summed E-state index contributed by atoms with van der Waals surface area (Å²) >= 11 is 12.1. The fraction of sp³-hybridized carbons (Fsp3) is 0.533. The topological polar surface area (TPSA) is 58.6 Å². The highest BCUT2D eigenvalue weighted by molar-refractivity contribution is 6.35. The molecule has 1 aliphatic carbocycles. The number of hydrogen-bond acceptors (Lipinski definition) is 3. The first-order chi connectivity index (χ1) is 9.99. The van der Waals surface area contributed by atoms with Crippen molar-refractivity contribution in [2.24, 2.45) is 5.92 Å². The van der Waals surface area contributed by atoms with Crippen LogP contribution in [0.5, 0.6) is 0 Å². The number of benzene rings is 1. The molecule has 1 unspecified atom stereocenters. The van der Waals surface area contributed by atoms with E-state index in [2.05, 4.69) is 5.32 Å². The summed E-state index contributed by atoms with van der Waals surface area (Å²) in [7, 11) is 0. The highest BCUT2D eigenvalue weighted by atomic mass is 35.5. The van der Waals surface area contributed by atoms with Gasteiger partial charge < -0.3 is 15.2 Å². The minimum atomic E-state index is -1.36. The number of hydrogen-bond donors (Lipinski definition) is 2. The maximum absolute atomic E-state index is 12.0. The number of carbonyl (C=O) groups is 1. The number of amides is 1. The van der Waals surface area contributed by atoms with Crippen molar-refractivity contribution in [2.75, 3.05) is 19.8 Å². The molecule has 0 radical (unpaired) electrons. The van der Waals surface area contributed by atoms with Crippen molar-refractivity contribution in [1.82, 2.24) is 5.32 Å². The van der Waals surface area contributed by atoms with Gasteiger partial charge in [0.1, 0.15) is 0 Å². The summed E-state index contributed by atoms with van der Waals surface area (Å²) in [6, 6.07) is 5.51. The Morgan fingerprint density at radius 2 is 2.29 bits per heavy atom. The summed E-state index contributed by atoms with van der Waals surface area (Å²) in [5.41, 5.74) is -0.286. The first kappa shape index (κ1) is 15.1. The van der Waals surface area contributed by atoms with Gasteiger partial charge in [-0.3, -0.25) is 4.79 Å². The maximum Gasteiger partial charge on any atom is 0.254 e. The third-order valence-electron chi connectivity index (χ3n) is 4.23. The van der Waals surface area contributed by atoms with E-state index in [1.807, 2.05) is 12.1 Å². The molecule has 1 aromatic rings. The molecule has 4 nitrogen and oxygen atoms in total. The molecule has 1 amide bonds.